The Morgan fingerprint density at radius 2 is 0.451 bits per heavy atom. The molecule has 606 valence electrons. The Morgan fingerprint density at radius 3 is 0.667 bits per heavy atom. The summed E-state index contributed by atoms with van der Waals surface area (Å²) in [5.74, 6) is 0.249. The lowest BCUT2D eigenvalue weighted by molar-refractivity contribution is -0.161. The molecule has 0 heterocycles. The van der Waals surface area contributed by atoms with Gasteiger partial charge in [0.15, 0.2) is 12.2 Å². The van der Waals surface area contributed by atoms with Crippen molar-refractivity contribution >= 4 is 39.5 Å². The molecule has 19 heteroatoms. The van der Waals surface area contributed by atoms with Crippen LogP contribution in [0.2, 0.25) is 0 Å². The van der Waals surface area contributed by atoms with Crippen molar-refractivity contribution in [3.63, 3.8) is 0 Å². The Hall–Kier alpha value is -1.94. The number of hydrogen-bond acceptors (Lipinski definition) is 15. The van der Waals surface area contributed by atoms with Gasteiger partial charge in [0.25, 0.3) is 0 Å². The Kier molecular flexibility index (Phi) is 71.8. The maximum absolute atomic E-state index is 13.1. The van der Waals surface area contributed by atoms with Gasteiger partial charge in [-0.05, 0) is 43.4 Å². The molecule has 0 amide bonds. The molecule has 102 heavy (non-hydrogen) atoms. The molecule has 0 aromatic rings. The molecule has 0 aliphatic rings. The van der Waals surface area contributed by atoms with E-state index in [1.54, 1.807) is 0 Å². The van der Waals surface area contributed by atoms with Gasteiger partial charge in [0.05, 0.1) is 26.4 Å². The largest absolute Gasteiger partial charge is 0.472 e. The minimum absolute atomic E-state index is 0.105. The Balaban J connectivity index is 5.17. The summed E-state index contributed by atoms with van der Waals surface area (Å²) in [4.78, 5) is 73.0. The predicted octanol–water partition coefficient (Wildman–Crippen LogP) is 24.9. The van der Waals surface area contributed by atoms with Crippen LogP contribution in [0.15, 0.2) is 0 Å². The highest BCUT2D eigenvalue weighted by Gasteiger charge is 2.30. The highest BCUT2D eigenvalue weighted by Crippen LogP contribution is 2.45. The number of aliphatic hydroxyl groups is 1. The summed E-state index contributed by atoms with van der Waals surface area (Å²) < 4.78 is 68.7. The van der Waals surface area contributed by atoms with E-state index in [0.29, 0.717) is 25.7 Å². The van der Waals surface area contributed by atoms with Crippen LogP contribution >= 0.6 is 15.6 Å². The first-order valence-corrected chi connectivity index (χ1v) is 45.8. The van der Waals surface area contributed by atoms with Crippen molar-refractivity contribution in [3.05, 3.63) is 0 Å². The van der Waals surface area contributed by atoms with Crippen LogP contribution < -0.4 is 0 Å². The molecule has 0 fully saturated rings. The van der Waals surface area contributed by atoms with Crippen molar-refractivity contribution in [2.45, 2.75) is 452 Å². The molecule has 0 rings (SSSR count). The fourth-order valence-corrected chi connectivity index (χ4v) is 14.4. The summed E-state index contributed by atoms with van der Waals surface area (Å²) in [5.41, 5.74) is 0. The van der Waals surface area contributed by atoms with E-state index in [4.69, 9.17) is 37.0 Å². The molecular formula is C83H162O17P2. The van der Waals surface area contributed by atoms with Crippen molar-refractivity contribution in [2.75, 3.05) is 39.6 Å². The Bertz CT molecular complexity index is 1970. The minimum Gasteiger partial charge on any atom is -0.462 e. The van der Waals surface area contributed by atoms with Gasteiger partial charge in [0, 0.05) is 25.7 Å². The van der Waals surface area contributed by atoms with E-state index in [1.807, 2.05) is 0 Å². The molecule has 3 N–H and O–H groups in total. The van der Waals surface area contributed by atoms with Crippen LogP contribution in [-0.2, 0) is 65.4 Å². The van der Waals surface area contributed by atoms with E-state index in [-0.39, 0.29) is 25.7 Å². The first kappa shape index (κ1) is 100. The number of phosphoric ester groups is 2. The lowest BCUT2D eigenvalue weighted by Gasteiger charge is -2.21. The molecule has 0 saturated carbocycles. The maximum Gasteiger partial charge on any atom is 0.472 e. The van der Waals surface area contributed by atoms with Gasteiger partial charge in [0.2, 0.25) is 0 Å². The van der Waals surface area contributed by atoms with Crippen molar-refractivity contribution in [2.24, 2.45) is 17.8 Å². The fourth-order valence-electron chi connectivity index (χ4n) is 12.8. The van der Waals surface area contributed by atoms with E-state index >= 15 is 0 Å². The van der Waals surface area contributed by atoms with Gasteiger partial charge >= 0.3 is 39.5 Å². The van der Waals surface area contributed by atoms with Crippen molar-refractivity contribution < 1.29 is 80.2 Å². The topological polar surface area (TPSA) is 237 Å². The lowest BCUT2D eigenvalue weighted by atomic mass is 10.0. The maximum atomic E-state index is 13.1. The number of carbonyl (C=O) groups is 4. The third kappa shape index (κ3) is 76.3. The SMILES string of the molecule is CCCCCCCCCCCC(=O)OC[C@H](COP(=O)(O)OC[C@H](O)COP(=O)(O)OC[C@@H](COC(=O)CCCCCCCCCCCCCCCCCCCCC(C)C)OC(=O)CCCCCCCCCCCCCCCCCCCCC(C)C)OC(=O)CCCCCCCCCCC(C)C. The number of aliphatic hydroxyl groups excluding tert-OH is 1. The van der Waals surface area contributed by atoms with Crippen LogP contribution in [0.3, 0.4) is 0 Å². The molecular weight excluding hydrogens is 1330 g/mol. The van der Waals surface area contributed by atoms with E-state index in [9.17, 15) is 43.2 Å². The van der Waals surface area contributed by atoms with Gasteiger partial charge < -0.3 is 33.8 Å². The van der Waals surface area contributed by atoms with Crippen LogP contribution in [0, 0.1) is 17.8 Å². The van der Waals surface area contributed by atoms with E-state index in [1.165, 1.54) is 244 Å². The van der Waals surface area contributed by atoms with E-state index in [0.717, 1.165) is 108 Å². The summed E-state index contributed by atoms with van der Waals surface area (Å²) in [7, 11) is -9.92. The standard InChI is InChI=1S/C83H162O17P2/c1-8-9-10-11-12-33-43-50-57-64-80(85)93-70-79(100-83(88)67-60-53-46-39-38-42-49-56-63-76(6)7)73-98-102(91,92)96-69-77(84)68-95-101(89,90)97-72-78(99-82(87)66-59-52-45-37-32-28-24-20-16-14-18-22-26-30-35-41-48-55-62-75(4)5)71-94-81(86)65-58-51-44-36-31-27-23-19-15-13-17-21-25-29-34-40-47-54-61-74(2)3/h74-79,84H,8-73H2,1-7H3,(H,89,90)(H,91,92)/t77-,78-,79-/m1/s1. The lowest BCUT2D eigenvalue weighted by Crippen LogP contribution is -2.30. The summed E-state index contributed by atoms with van der Waals surface area (Å²) in [6, 6.07) is 0. The number of rotatable bonds is 81. The average Bonchev–Trinajstić information content (AvgIpc) is 0.911. The zero-order valence-electron chi connectivity index (χ0n) is 67.1. The minimum atomic E-state index is -4.96. The number of esters is 4. The molecule has 0 radical (unpaired) electrons. The second-order valence-electron chi connectivity index (χ2n) is 31.3. The van der Waals surface area contributed by atoms with Crippen molar-refractivity contribution in [1.29, 1.82) is 0 Å². The zero-order valence-corrected chi connectivity index (χ0v) is 68.9. The van der Waals surface area contributed by atoms with Gasteiger partial charge in [-0.2, -0.15) is 0 Å². The summed E-state index contributed by atoms with van der Waals surface area (Å²) in [5, 5.41) is 10.6. The van der Waals surface area contributed by atoms with Crippen LogP contribution in [-0.4, -0.2) is 96.7 Å². The molecule has 0 aromatic carbocycles. The van der Waals surface area contributed by atoms with Gasteiger partial charge in [-0.1, -0.05) is 382 Å². The molecule has 0 aliphatic carbocycles. The second-order valence-corrected chi connectivity index (χ2v) is 34.2. The predicted molar refractivity (Wildman–Crippen MR) is 418 cm³/mol. The van der Waals surface area contributed by atoms with Crippen LogP contribution in [0.25, 0.3) is 0 Å². The number of ether oxygens (including phenoxy) is 4. The average molecular weight is 1490 g/mol. The zero-order chi connectivity index (χ0) is 75.1. The van der Waals surface area contributed by atoms with Crippen LogP contribution in [0.4, 0.5) is 0 Å². The molecule has 17 nitrogen and oxygen atoms in total. The summed E-state index contributed by atoms with van der Waals surface area (Å²) in [6.07, 6.45) is 62.7. The normalized spacial score (nSPS) is 13.9. The highest BCUT2D eigenvalue weighted by molar-refractivity contribution is 7.47. The highest BCUT2D eigenvalue weighted by atomic mass is 31.2. The molecule has 2 unspecified atom stereocenters. The molecule has 5 atom stereocenters. The number of hydrogen-bond donors (Lipinski definition) is 3. The van der Waals surface area contributed by atoms with Gasteiger partial charge in [-0.15, -0.1) is 0 Å². The fraction of sp³-hybridized carbons (Fsp3) is 0.952. The summed E-state index contributed by atoms with van der Waals surface area (Å²) in [6.45, 7) is 12.0. The molecule has 0 bridgehead atoms. The molecule has 0 aliphatic heterocycles. The number of phosphoric acid groups is 2. The quantitative estimate of drug-likeness (QED) is 0.0222. The molecule has 0 saturated heterocycles. The monoisotopic (exact) mass is 1490 g/mol. The smallest absolute Gasteiger partial charge is 0.462 e. The molecule has 0 spiro atoms. The summed E-state index contributed by atoms with van der Waals surface area (Å²) >= 11 is 0. The van der Waals surface area contributed by atoms with Gasteiger partial charge in [-0.25, -0.2) is 9.13 Å². The van der Waals surface area contributed by atoms with Gasteiger partial charge in [-0.3, -0.25) is 37.3 Å². The third-order valence-corrected chi connectivity index (χ3v) is 21.3. The Labute approximate surface area is 626 Å². The third-order valence-electron chi connectivity index (χ3n) is 19.4. The first-order valence-electron chi connectivity index (χ1n) is 42.8. The van der Waals surface area contributed by atoms with Crippen molar-refractivity contribution in [1.82, 2.24) is 0 Å². The number of carbonyl (C=O) groups excluding carboxylic acids is 4. The van der Waals surface area contributed by atoms with Crippen LogP contribution in [0.5, 0.6) is 0 Å². The van der Waals surface area contributed by atoms with Gasteiger partial charge in [0.1, 0.15) is 19.3 Å². The number of unbranched alkanes of at least 4 members (excludes halogenated alkanes) is 49. The second kappa shape index (κ2) is 73.2. The van der Waals surface area contributed by atoms with Crippen molar-refractivity contribution in [3.8, 4) is 0 Å². The van der Waals surface area contributed by atoms with E-state index in [2.05, 4.69) is 48.5 Å². The molecule has 0 aromatic heterocycles. The Morgan fingerprint density at radius 1 is 0.265 bits per heavy atom. The van der Waals surface area contributed by atoms with Crippen LogP contribution in [0.1, 0.15) is 434 Å². The first-order chi connectivity index (χ1) is 49.2. The van der Waals surface area contributed by atoms with E-state index < -0.39 is 97.5 Å².